The summed E-state index contributed by atoms with van der Waals surface area (Å²) >= 11 is 0. The molecule has 2 N–H and O–H groups in total. The lowest BCUT2D eigenvalue weighted by Crippen LogP contribution is -2.54. The molecule has 12 nitrogen and oxygen atoms in total. The fraction of sp³-hybridized carbons (Fsp3) is 0.655. The lowest BCUT2D eigenvalue weighted by molar-refractivity contribution is -0.178. The number of carbonyl (C=O) groups excluding carboxylic acids is 2. The van der Waals surface area contributed by atoms with Crippen LogP contribution in [0.15, 0.2) is 18.5 Å². The van der Waals surface area contributed by atoms with Gasteiger partial charge in [-0.1, -0.05) is 0 Å². The Morgan fingerprint density at radius 2 is 1.91 bits per heavy atom. The fourth-order valence-electron chi connectivity index (χ4n) is 6.54. The largest absolute Gasteiger partial charge is 0.395 e. The van der Waals surface area contributed by atoms with Crippen LogP contribution < -0.4 is 10.6 Å². The summed E-state index contributed by atoms with van der Waals surface area (Å²) in [4.78, 5) is 36.6. The van der Waals surface area contributed by atoms with Crippen molar-refractivity contribution in [3.05, 3.63) is 41.2 Å². The van der Waals surface area contributed by atoms with Gasteiger partial charge in [-0.2, -0.15) is 23.4 Å². The van der Waals surface area contributed by atoms with Gasteiger partial charge in [0.1, 0.15) is 11.4 Å². The molecule has 17 heteroatoms. The molecular formula is C29H36F5N9O3. The van der Waals surface area contributed by atoms with Gasteiger partial charge >= 0.3 is 12.2 Å². The van der Waals surface area contributed by atoms with Crippen molar-refractivity contribution in [1.29, 1.82) is 0 Å². The summed E-state index contributed by atoms with van der Waals surface area (Å²) < 4.78 is 77.3. The summed E-state index contributed by atoms with van der Waals surface area (Å²) in [5.74, 6) is -5.23. The Labute approximate surface area is 261 Å². The van der Waals surface area contributed by atoms with Crippen molar-refractivity contribution in [2.24, 2.45) is 11.8 Å². The first-order chi connectivity index (χ1) is 21.9. The molecule has 2 aliphatic heterocycles. The standard InChI is InChI=1S/C29H36F5N9O3/c1-2-42-22(5-10-36-42)25(44)38-23(17-3-8-28(30,31)9-4-17)20-16-43-26(37-20)39-24(18-6-11-46-12-7-18)21(40-43)15-41-14-19(29(32,33)34)13-35-27(41)45/h5,10,16-19,23H,2-4,6-9,11-15H2,1H3,(H,35,45)(H,38,44)/t19-,23-/m0/s1. The molecule has 46 heavy (non-hydrogen) atoms. The van der Waals surface area contributed by atoms with Crippen LogP contribution in [0.25, 0.3) is 5.78 Å². The van der Waals surface area contributed by atoms with E-state index in [-0.39, 0.29) is 49.8 Å². The van der Waals surface area contributed by atoms with E-state index in [9.17, 15) is 31.5 Å². The summed E-state index contributed by atoms with van der Waals surface area (Å²) in [5.41, 5.74) is 1.52. The Morgan fingerprint density at radius 1 is 1.17 bits per heavy atom. The monoisotopic (exact) mass is 653 g/mol. The third kappa shape index (κ3) is 6.78. The number of halogens is 5. The minimum Gasteiger partial charge on any atom is -0.381 e. The number of rotatable bonds is 8. The summed E-state index contributed by atoms with van der Waals surface area (Å²) in [6.45, 7) is 1.99. The van der Waals surface area contributed by atoms with Crippen LogP contribution >= 0.6 is 0 Å². The Balaban J connectivity index is 1.35. The number of aryl methyl sites for hydroxylation is 1. The Bertz CT molecular complexity index is 1560. The number of hydrogen-bond acceptors (Lipinski definition) is 7. The van der Waals surface area contributed by atoms with Crippen LogP contribution in [0.5, 0.6) is 0 Å². The highest BCUT2D eigenvalue weighted by atomic mass is 19.4. The fourth-order valence-corrected chi connectivity index (χ4v) is 6.54. The molecule has 6 rings (SSSR count). The first kappa shape index (κ1) is 32.1. The molecule has 0 spiro atoms. The van der Waals surface area contributed by atoms with E-state index >= 15 is 0 Å². The quantitative estimate of drug-likeness (QED) is 0.348. The van der Waals surface area contributed by atoms with Gasteiger partial charge in [0.25, 0.3) is 11.7 Å². The van der Waals surface area contributed by atoms with Crippen LogP contribution in [-0.2, 0) is 17.8 Å². The van der Waals surface area contributed by atoms with E-state index in [1.807, 2.05) is 6.92 Å². The minimum atomic E-state index is -4.48. The zero-order chi connectivity index (χ0) is 32.6. The van der Waals surface area contributed by atoms with Gasteiger partial charge in [-0.25, -0.2) is 28.1 Å². The maximum absolute atomic E-state index is 14.1. The van der Waals surface area contributed by atoms with Gasteiger partial charge in [-0.3, -0.25) is 9.48 Å². The zero-order valence-corrected chi connectivity index (χ0v) is 25.3. The summed E-state index contributed by atoms with van der Waals surface area (Å²) in [6, 6.07) is 0.196. The van der Waals surface area contributed by atoms with Gasteiger partial charge in [0.05, 0.1) is 36.1 Å². The van der Waals surface area contributed by atoms with Crippen LogP contribution in [0.1, 0.15) is 85.0 Å². The van der Waals surface area contributed by atoms with Crippen LogP contribution in [0.2, 0.25) is 0 Å². The highest BCUT2D eigenvalue weighted by Gasteiger charge is 2.44. The molecule has 250 valence electrons. The van der Waals surface area contributed by atoms with Crippen molar-refractivity contribution in [2.45, 2.75) is 82.6 Å². The molecule has 0 aromatic carbocycles. The van der Waals surface area contributed by atoms with Crippen molar-refractivity contribution in [2.75, 3.05) is 26.3 Å². The molecule has 2 saturated heterocycles. The second-order valence-electron chi connectivity index (χ2n) is 12.2. The number of urea groups is 1. The number of alkyl halides is 5. The van der Waals surface area contributed by atoms with E-state index in [4.69, 9.17) is 19.8 Å². The molecule has 1 aliphatic carbocycles. The van der Waals surface area contributed by atoms with E-state index in [2.05, 4.69) is 15.7 Å². The van der Waals surface area contributed by atoms with Crippen LogP contribution in [-0.4, -0.2) is 84.6 Å². The van der Waals surface area contributed by atoms with Gasteiger partial charge in [0.2, 0.25) is 5.92 Å². The van der Waals surface area contributed by atoms with Gasteiger partial charge in [-0.05, 0) is 44.6 Å². The van der Waals surface area contributed by atoms with Crippen molar-refractivity contribution in [3.8, 4) is 0 Å². The van der Waals surface area contributed by atoms with E-state index < -0.39 is 49.1 Å². The van der Waals surface area contributed by atoms with Crippen molar-refractivity contribution in [1.82, 2.24) is 44.9 Å². The molecule has 2 atom stereocenters. The highest BCUT2D eigenvalue weighted by Crippen LogP contribution is 2.41. The molecule has 1 saturated carbocycles. The number of imidazole rings is 1. The van der Waals surface area contributed by atoms with Crippen molar-refractivity contribution < 1.29 is 36.3 Å². The maximum Gasteiger partial charge on any atom is 0.395 e. The molecule has 0 unspecified atom stereocenters. The molecule has 0 bridgehead atoms. The molecule has 3 aromatic heterocycles. The predicted octanol–water partition coefficient (Wildman–Crippen LogP) is 4.24. The van der Waals surface area contributed by atoms with Crippen LogP contribution in [0, 0.1) is 11.8 Å². The number of nitrogens with one attached hydrogen (secondary N) is 2. The Kier molecular flexibility index (Phi) is 8.87. The number of carbonyl (C=O) groups is 2. The SMILES string of the molecule is CCn1nccc1C(=O)N[C@H](c1cn2nc(CN3C[C@@H](C(F)(F)F)CNC3=O)c(C3CCOCC3)nc2n1)C1CCC(F)(F)CC1. The third-order valence-electron chi connectivity index (χ3n) is 9.16. The normalized spacial score (nSPS) is 22.2. The average Bonchev–Trinajstić information content (AvgIpc) is 3.67. The zero-order valence-electron chi connectivity index (χ0n) is 25.3. The summed E-state index contributed by atoms with van der Waals surface area (Å²) in [7, 11) is 0. The number of nitrogens with zero attached hydrogens (tertiary/aromatic N) is 7. The van der Waals surface area contributed by atoms with E-state index in [0.717, 1.165) is 4.90 Å². The van der Waals surface area contributed by atoms with E-state index in [1.54, 1.807) is 12.3 Å². The second-order valence-corrected chi connectivity index (χ2v) is 12.2. The van der Waals surface area contributed by atoms with Gasteiger partial charge in [0, 0.05) is 57.8 Å². The first-order valence-corrected chi connectivity index (χ1v) is 15.6. The maximum atomic E-state index is 14.1. The van der Waals surface area contributed by atoms with Crippen molar-refractivity contribution >= 4 is 17.7 Å². The molecule has 3 aromatic rings. The van der Waals surface area contributed by atoms with Gasteiger partial charge in [-0.15, -0.1) is 0 Å². The first-order valence-electron chi connectivity index (χ1n) is 15.6. The topological polar surface area (TPSA) is 132 Å². The average molecular weight is 654 g/mol. The number of amides is 3. The molecule has 0 radical (unpaired) electrons. The molecule has 3 amide bonds. The number of ether oxygens (including phenoxy) is 1. The number of aromatic nitrogens is 6. The van der Waals surface area contributed by atoms with Crippen molar-refractivity contribution in [3.63, 3.8) is 0 Å². The highest BCUT2D eigenvalue weighted by molar-refractivity contribution is 5.92. The smallest absolute Gasteiger partial charge is 0.381 e. The number of fused-ring (bicyclic) bond motifs is 1. The predicted molar refractivity (Wildman–Crippen MR) is 152 cm³/mol. The molecule has 5 heterocycles. The van der Waals surface area contributed by atoms with E-state index in [1.165, 1.54) is 15.4 Å². The second kappa shape index (κ2) is 12.7. The number of hydrogen-bond donors (Lipinski definition) is 2. The summed E-state index contributed by atoms with van der Waals surface area (Å²) in [5, 5.41) is 14.2. The van der Waals surface area contributed by atoms with Crippen LogP contribution in [0.3, 0.4) is 0 Å². The Morgan fingerprint density at radius 3 is 2.61 bits per heavy atom. The van der Waals surface area contributed by atoms with Gasteiger partial charge < -0.3 is 20.3 Å². The Hall–Kier alpha value is -3.89. The van der Waals surface area contributed by atoms with Gasteiger partial charge in [0.15, 0.2) is 0 Å². The third-order valence-corrected chi connectivity index (χ3v) is 9.16. The van der Waals surface area contributed by atoms with E-state index in [0.29, 0.717) is 55.4 Å². The lowest BCUT2D eigenvalue weighted by Gasteiger charge is -2.34. The molecule has 3 aliphatic rings. The lowest BCUT2D eigenvalue weighted by atomic mass is 9.81. The van der Waals surface area contributed by atoms with Crippen LogP contribution in [0.4, 0.5) is 26.7 Å². The molecule has 3 fully saturated rings. The molecular weight excluding hydrogens is 617 g/mol. The minimum absolute atomic E-state index is 0.127. The summed E-state index contributed by atoms with van der Waals surface area (Å²) in [6.07, 6.45) is -0.556.